The van der Waals surface area contributed by atoms with Crippen molar-refractivity contribution in [3.05, 3.63) is 18.2 Å². The first-order valence-electron chi connectivity index (χ1n) is 6.67. The van der Waals surface area contributed by atoms with Gasteiger partial charge in [0.2, 0.25) is 0 Å². The van der Waals surface area contributed by atoms with E-state index >= 15 is 0 Å². The molecule has 1 saturated carbocycles. The first kappa shape index (κ1) is 11.4. The van der Waals surface area contributed by atoms with Crippen molar-refractivity contribution in [2.24, 2.45) is 5.92 Å². The number of nitrogen functional groups attached to an aromatic ring is 1. The fourth-order valence-electron chi connectivity index (χ4n) is 2.26. The average Bonchev–Trinajstić information content (AvgIpc) is 3.07. The maximum Gasteiger partial charge on any atom is 0.295 e. The van der Waals surface area contributed by atoms with E-state index in [1.165, 1.54) is 19.3 Å². The van der Waals surface area contributed by atoms with E-state index in [1.54, 1.807) is 0 Å². The molecule has 1 aliphatic rings. The van der Waals surface area contributed by atoms with Crippen LogP contribution in [-0.4, -0.2) is 11.0 Å². The number of rotatable bonds is 5. The molecule has 1 aromatic heterocycles. The van der Waals surface area contributed by atoms with Crippen LogP contribution in [0.2, 0.25) is 0 Å². The molecule has 3 rings (SSSR count). The van der Waals surface area contributed by atoms with Crippen molar-refractivity contribution in [2.45, 2.75) is 38.6 Å². The fraction of sp³-hybridized carbons (Fsp3) is 0.500. The Morgan fingerprint density at radius 2 is 2.33 bits per heavy atom. The lowest BCUT2D eigenvalue weighted by molar-refractivity contribution is 0.545. The van der Waals surface area contributed by atoms with Gasteiger partial charge in [-0.05, 0) is 37.0 Å². The number of oxazole rings is 1. The normalized spacial score (nSPS) is 16.9. The van der Waals surface area contributed by atoms with Crippen molar-refractivity contribution in [1.29, 1.82) is 0 Å². The summed E-state index contributed by atoms with van der Waals surface area (Å²) in [5.74, 6) is 0.905. The number of hydrogen-bond acceptors (Lipinski definition) is 4. The summed E-state index contributed by atoms with van der Waals surface area (Å²) in [6, 6.07) is 6.61. The Bertz CT molecular complexity index is 545. The van der Waals surface area contributed by atoms with Crippen LogP contribution < -0.4 is 11.1 Å². The summed E-state index contributed by atoms with van der Waals surface area (Å²) in [5, 5.41) is 3.39. The summed E-state index contributed by atoms with van der Waals surface area (Å²) in [6.45, 7) is 2.20. The molecule has 96 valence electrons. The van der Waals surface area contributed by atoms with E-state index in [0.717, 1.165) is 23.4 Å². The highest BCUT2D eigenvalue weighted by Crippen LogP contribution is 2.35. The van der Waals surface area contributed by atoms with Gasteiger partial charge in [-0.1, -0.05) is 19.8 Å². The molecule has 0 spiro atoms. The van der Waals surface area contributed by atoms with Crippen molar-refractivity contribution < 1.29 is 4.42 Å². The maximum absolute atomic E-state index is 5.73. The summed E-state index contributed by atoms with van der Waals surface area (Å²) in [4.78, 5) is 4.43. The molecule has 1 heterocycles. The van der Waals surface area contributed by atoms with E-state index in [1.807, 2.05) is 18.2 Å². The second-order valence-electron chi connectivity index (χ2n) is 5.17. The van der Waals surface area contributed by atoms with E-state index in [9.17, 15) is 0 Å². The minimum atomic E-state index is 0.461. The summed E-state index contributed by atoms with van der Waals surface area (Å²) in [6.07, 6.45) is 5.07. The van der Waals surface area contributed by atoms with Crippen molar-refractivity contribution in [3.8, 4) is 0 Å². The average molecular weight is 245 g/mol. The van der Waals surface area contributed by atoms with Gasteiger partial charge in [0.25, 0.3) is 6.01 Å². The molecule has 1 fully saturated rings. The zero-order valence-electron chi connectivity index (χ0n) is 10.6. The van der Waals surface area contributed by atoms with Crippen LogP contribution in [-0.2, 0) is 0 Å². The quantitative estimate of drug-likeness (QED) is 0.792. The molecule has 0 amide bonds. The molecule has 1 aliphatic carbocycles. The molecule has 4 heteroatoms. The van der Waals surface area contributed by atoms with E-state index in [-0.39, 0.29) is 0 Å². The molecule has 1 unspecified atom stereocenters. The molecular formula is C14H19N3O. The first-order valence-corrected chi connectivity index (χ1v) is 6.67. The molecule has 1 aromatic carbocycles. The lowest BCUT2D eigenvalue weighted by atomic mass is 10.1. The molecule has 3 N–H and O–H groups in total. The van der Waals surface area contributed by atoms with Crippen LogP contribution in [0.3, 0.4) is 0 Å². The number of hydrogen-bond donors (Lipinski definition) is 2. The van der Waals surface area contributed by atoms with Gasteiger partial charge in [-0.2, -0.15) is 4.98 Å². The number of anilines is 2. The summed E-state index contributed by atoms with van der Waals surface area (Å²) < 4.78 is 5.68. The number of benzene rings is 1. The first-order chi connectivity index (χ1) is 8.74. The number of nitrogens with zero attached hydrogens (tertiary/aromatic N) is 1. The molecule has 2 aromatic rings. The third-order valence-corrected chi connectivity index (χ3v) is 3.55. The topological polar surface area (TPSA) is 64.1 Å². The van der Waals surface area contributed by atoms with Crippen LogP contribution in [0.15, 0.2) is 22.6 Å². The maximum atomic E-state index is 5.73. The molecule has 0 saturated heterocycles. The number of nitrogens with one attached hydrogen (secondary N) is 1. The molecule has 18 heavy (non-hydrogen) atoms. The smallest absolute Gasteiger partial charge is 0.295 e. The van der Waals surface area contributed by atoms with Gasteiger partial charge < -0.3 is 15.5 Å². The third-order valence-electron chi connectivity index (χ3n) is 3.55. The number of nitrogens with two attached hydrogens (primary N) is 1. The Morgan fingerprint density at radius 3 is 3.06 bits per heavy atom. The Labute approximate surface area is 107 Å². The van der Waals surface area contributed by atoms with Gasteiger partial charge in [-0.3, -0.25) is 0 Å². The SMILES string of the molecule is CCC(CC1CC1)Nc1nc2cc(N)ccc2o1. The molecular weight excluding hydrogens is 226 g/mol. The van der Waals surface area contributed by atoms with Crippen LogP contribution in [0.5, 0.6) is 0 Å². The second kappa shape index (κ2) is 4.52. The fourth-order valence-corrected chi connectivity index (χ4v) is 2.26. The highest BCUT2D eigenvalue weighted by Gasteiger charge is 2.25. The van der Waals surface area contributed by atoms with Crippen LogP contribution in [0, 0.1) is 5.92 Å². The Hall–Kier alpha value is -1.71. The summed E-state index contributed by atoms with van der Waals surface area (Å²) in [5.41, 5.74) is 8.05. The predicted octanol–water partition coefficient (Wildman–Crippen LogP) is 3.40. The van der Waals surface area contributed by atoms with Gasteiger partial charge in [0, 0.05) is 11.7 Å². The molecule has 1 atom stereocenters. The monoisotopic (exact) mass is 245 g/mol. The van der Waals surface area contributed by atoms with Gasteiger partial charge >= 0.3 is 0 Å². The van der Waals surface area contributed by atoms with E-state index in [0.29, 0.717) is 17.7 Å². The van der Waals surface area contributed by atoms with Crippen LogP contribution in [0.4, 0.5) is 11.7 Å². The van der Waals surface area contributed by atoms with Gasteiger partial charge in [0.15, 0.2) is 5.58 Å². The van der Waals surface area contributed by atoms with E-state index < -0.39 is 0 Å². The molecule has 0 aliphatic heterocycles. The largest absolute Gasteiger partial charge is 0.424 e. The van der Waals surface area contributed by atoms with Gasteiger partial charge in [0.1, 0.15) is 5.52 Å². The van der Waals surface area contributed by atoms with Crippen LogP contribution in [0.25, 0.3) is 11.1 Å². The standard InChI is InChI=1S/C14H19N3O/c1-2-11(7-9-3-4-9)16-14-17-12-8-10(15)5-6-13(12)18-14/h5-6,8-9,11H,2-4,7,15H2,1H3,(H,16,17). The summed E-state index contributed by atoms with van der Waals surface area (Å²) in [7, 11) is 0. The minimum Gasteiger partial charge on any atom is -0.424 e. The number of aromatic nitrogens is 1. The van der Waals surface area contributed by atoms with Crippen molar-refractivity contribution in [3.63, 3.8) is 0 Å². The van der Waals surface area contributed by atoms with Crippen molar-refractivity contribution >= 4 is 22.8 Å². The van der Waals surface area contributed by atoms with E-state index in [2.05, 4.69) is 17.2 Å². The lowest BCUT2D eigenvalue weighted by Gasteiger charge is -2.14. The van der Waals surface area contributed by atoms with Gasteiger partial charge in [0.05, 0.1) is 0 Å². The van der Waals surface area contributed by atoms with Gasteiger partial charge in [-0.15, -0.1) is 0 Å². The zero-order chi connectivity index (χ0) is 12.5. The Kier molecular flexibility index (Phi) is 2.86. The predicted molar refractivity (Wildman–Crippen MR) is 73.5 cm³/mol. The minimum absolute atomic E-state index is 0.461. The van der Waals surface area contributed by atoms with Crippen molar-refractivity contribution in [1.82, 2.24) is 4.98 Å². The van der Waals surface area contributed by atoms with Crippen molar-refractivity contribution in [2.75, 3.05) is 11.1 Å². The molecule has 0 radical (unpaired) electrons. The lowest BCUT2D eigenvalue weighted by Crippen LogP contribution is -2.19. The van der Waals surface area contributed by atoms with Gasteiger partial charge in [-0.25, -0.2) is 0 Å². The molecule has 0 bridgehead atoms. The highest BCUT2D eigenvalue weighted by molar-refractivity contribution is 5.78. The van der Waals surface area contributed by atoms with E-state index in [4.69, 9.17) is 10.2 Å². The zero-order valence-corrected chi connectivity index (χ0v) is 10.6. The highest BCUT2D eigenvalue weighted by atomic mass is 16.4. The molecule has 4 nitrogen and oxygen atoms in total. The van der Waals surface area contributed by atoms with Crippen LogP contribution in [0.1, 0.15) is 32.6 Å². The summed E-state index contributed by atoms with van der Waals surface area (Å²) >= 11 is 0. The number of fused-ring (bicyclic) bond motifs is 1. The third kappa shape index (κ3) is 2.42. The Morgan fingerprint density at radius 1 is 1.50 bits per heavy atom. The van der Waals surface area contributed by atoms with Crippen LogP contribution >= 0.6 is 0 Å². The Balaban J connectivity index is 1.76. The second-order valence-corrected chi connectivity index (χ2v) is 5.17.